The average Bonchev–Trinajstić information content (AvgIpc) is 3.19. The molecule has 0 aromatic heterocycles. The lowest BCUT2D eigenvalue weighted by Gasteiger charge is -2.20. The number of rotatable bonds is 5. The number of benzene rings is 1. The third-order valence-electron chi connectivity index (χ3n) is 3.01. The summed E-state index contributed by atoms with van der Waals surface area (Å²) in [5.74, 6) is 0.0935. The van der Waals surface area contributed by atoms with Crippen LogP contribution in [0.4, 0.5) is 0 Å². The van der Waals surface area contributed by atoms with Gasteiger partial charge in [-0.2, -0.15) is 0 Å². The van der Waals surface area contributed by atoms with Crippen LogP contribution in [0.25, 0.3) is 0 Å². The Morgan fingerprint density at radius 3 is 2.53 bits per heavy atom. The smallest absolute Gasteiger partial charge is 0.254 e. The van der Waals surface area contributed by atoms with Crippen molar-refractivity contribution in [1.82, 2.24) is 4.90 Å². The fourth-order valence-electron chi connectivity index (χ4n) is 1.87. The molecule has 3 nitrogen and oxygen atoms in total. The first-order valence-electron chi connectivity index (χ1n) is 5.97. The van der Waals surface area contributed by atoms with Crippen LogP contribution in [-0.4, -0.2) is 23.4 Å². The summed E-state index contributed by atoms with van der Waals surface area (Å²) in [7, 11) is 0. The Balaban J connectivity index is 2.13. The van der Waals surface area contributed by atoms with Crippen LogP contribution < -0.4 is 5.73 Å². The number of nitrogens with zero attached hydrogens (tertiary/aromatic N) is 1. The third-order valence-corrected chi connectivity index (χ3v) is 3.01. The molecule has 0 heterocycles. The van der Waals surface area contributed by atoms with Crippen LogP contribution in [0, 0.1) is 0 Å². The van der Waals surface area contributed by atoms with Crippen molar-refractivity contribution < 1.29 is 4.79 Å². The highest BCUT2D eigenvalue weighted by Gasteiger charge is 2.32. The largest absolute Gasteiger partial charge is 0.332 e. The SMILES string of the molecule is C=CCN(C(=O)c1ccc(CN)cc1)C1CC1. The first kappa shape index (κ1) is 11.9. The molecule has 1 amide bonds. The van der Waals surface area contributed by atoms with Crippen molar-refractivity contribution in [2.45, 2.75) is 25.4 Å². The highest BCUT2D eigenvalue weighted by molar-refractivity contribution is 5.94. The second-order valence-corrected chi connectivity index (χ2v) is 4.38. The van der Waals surface area contributed by atoms with Crippen molar-refractivity contribution in [3.8, 4) is 0 Å². The minimum Gasteiger partial charge on any atom is -0.332 e. The van der Waals surface area contributed by atoms with E-state index < -0.39 is 0 Å². The lowest BCUT2D eigenvalue weighted by Crippen LogP contribution is -2.33. The van der Waals surface area contributed by atoms with Gasteiger partial charge in [-0.3, -0.25) is 4.79 Å². The number of carbonyl (C=O) groups excluding carboxylic acids is 1. The monoisotopic (exact) mass is 230 g/mol. The van der Waals surface area contributed by atoms with Gasteiger partial charge in [0.05, 0.1) is 0 Å². The zero-order valence-corrected chi connectivity index (χ0v) is 9.93. The molecule has 17 heavy (non-hydrogen) atoms. The highest BCUT2D eigenvalue weighted by Crippen LogP contribution is 2.28. The highest BCUT2D eigenvalue weighted by atomic mass is 16.2. The molecule has 0 spiro atoms. The molecule has 2 rings (SSSR count). The molecule has 0 radical (unpaired) electrons. The van der Waals surface area contributed by atoms with Crippen molar-refractivity contribution in [3.63, 3.8) is 0 Å². The summed E-state index contributed by atoms with van der Waals surface area (Å²) in [6.45, 7) is 4.84. The standard InChI is InChI=1S/C14H18N2O/c1-2-9-16(13-7-8-13)14(17)12-5-3-11(10-15)4-6-12/h2-6,13H,1,7-10,15H2. The van der Waals surface area contributed by atoms with Gasteiger partial charge in [-0.05, 0) is 30.5 Å². The Bertz CT molecular complexity index is 407. The van der Waals surface area contributed by atoms with E-state index in [1.165, 1.54) is 0 Å². The molecule has 1 aliphatic rings. The second-order valence-electron chi connectivity index (χ2n) is 4.38. The molecule has 2 N–H and O–H groups in total. The summed E-state index contributed by atoms with van der Waals surface area (Å²) in [5.41, 5.74) is 7.31. The van der Waals surface area contributed by atoms with Crippen LogP contribution in [0.1, 0.15) is 28.8 Å². The molecule has 0 bridgehead atoms. The van der Waals surface area contributed by atoms with E-state index in [4.69, 9.17) is 5.73 Å². The van der Waals surface area contributed by atoms with Gasteiger partial charge in [0.15, 0.2) is 0 Å². The van der Waals surface area contributed by atoms with Gasteiger partial charge in [0.1, 0.15) is 0 Å². The van der Waals surface area contributed by atoms with E-state index in [1.807, 2.05) is 29.2 Å². The second kappa shape index (κ2) is 5.15. The zero-order chi connectivity index (χ0) is 12.3. The molecule has 90 valence electrons. The number of amides is 1. The van der Waals surface area contributed by atoms with Crippen LogP contribution >= 0.6 is 0 Å². The Morgan fingerprint density at radius 1 is 1.41 bits per heavy atom. The molecule has 0 aliphatic heterocycles. The van der Waals surface area contributed by atoms with E-state index in [2.05, 4.69) is 6.58 Å². The summed E-state index contributed by atoms with van der Waals surface area (Å²) in [4.78, 5) is 14.2. The fraction of sp³-hybridized carbons (Fsp3) is 0.357. The van der Waals surface area contributed by atoms with E-state index in [1.54, 1.807) is 6.08 Å². The summed E-state index contributed by atoms with van der Waals surface area (Å²) in [5, 5.41) is 0. The van der Waals surface area contributed by atoms with E-state index in [9.17, 15) is 4.79 Å². The van der Waals surface area contributed by atoms with Gasteiger partial charge in [0.2, 0.25) is 0 Å². The van der Waals surface area contributed by atoms with E-state index in [0.29, 0.717) is 19.1 Å². The first-order chi connectivity index (χ1) is 8.26. The predicted molar refractivity (Wildman–Crippen MR) is 68.6 cm³/mol. The van der Waals surface area contributed by atoms with Crippen molar-refractivity contribution in [2.75, 3.05) is 6.54 Å². The molecule has 1 aromatic rings. The molecule has 1 aromatic carbocycles. The number of carbonyl (C=O) groups is 1. The van der Waals surface area contributed by atoms with Crippen LogP contribution in [0.5, 0.6) is 0 Å². The van der Waals surface area contributed by atoms with Crippen LogP contribution in [0.3, 0.4) is 0 Å². The molecule has 1 fully saturated rings. The Hall–Kier alpha value is -1.61. The summed E-state index contributed by atoms with van der Waals surface area (Å²) in [6, 6.07) is 7.93. The van der Waals surface area contributed by atoms with Gasteiger partial charge in [-0.1, -0.05) is 18.2 Å². The molecule has 1 aliphatic carbocycles. The summed E-state index contributed by atoms with van der Waals surface area (Å²) in [6.07, 6.45) is 4.01. The lowest BCUT2D eigenvalue weighted by molar-refractivity contribution is 0.0762. The Labute approximate surface area is 102 Å². The maximum absolute atomic E-state index is 12.3. The Kier molecular flexibility index (Phi) is 3.59. The molecular formula is C14H18N2O. The van der Waals surface area contributed by atoms with Gasteiger partial charge in [0.25, 0.3) is 5.91 Å². The molecule has 3 heteroatoms. The molecule has 1 saturated carbocycles. The van der Waals surface area contributed by atoms with Gasteiger partial charge in [-0.25, -0.2) is 0 Å². The third kappa shape index (κ3) is 2.74. The maximum Gasteiger partial charge on any atom is 0.254 e. The van der Waals surface area contributed by atoms with Crippen molar-refractivity contribution >= 4 is 5.91 Å². The molecule has 0 atom stereocenters. The topological polar surface area (TPSA) is 46.3 Å². The Morgan fingerprint density at radius 2 is 2.06 bits per heavy atom. The lowest BCUT2D eigenvalue weighted by atomic mass is 10.1. The number of nitrogens with two attached hydrogens (primary N) is 1. The number of hydrogen-bond donors (Lipinski definition) is 1. The minimum atomic E-state index is 0.0935. The van der Waals surface area contributed by atoms with E-state index >= 15 is 0 Å². The molecule has 0 saturated heterocycles. The van der Waals surface area contributed by atoms with Gasteiger partial charge in [0, 0.05) is 24.7 Å². The van der Waals surface area contributed by atoms with Crippen LogP contribution in [0.2, 0.25) is 0 Å². The quantitative estimate of drug-likeness (QED) is 0.786. The van der Waals surface area contributed by atoms with Gasteiger partial charge in [-0.15, -0.1) is 6.58 Å². The minimum absolute atomic E-state index is 0.0935. The van der Waals surface area contributed by atoms with Crippen LogP contribution in [-0.2, 0) is 6.54 Å². The fourth-order valence-corrected chi connectivity index (χ4v) is 1.87. The molecule has 0 unspecified atom stereocenters. The van der Waals surface area contributed by atoms with Crippen molar-refractivity contribution in [3.05, 3.63) is 48.0 Å². The maximum atomic E-state index is 12.3. The van der Waals surface area contributed by atoms with E-state index in [-0.39, 0.29) is 5.91 Å². The normalized spacial score (nSPS) is 14.4. The van der Waals surface area contributed by atoms with Gasteiger partial charge < -0.3 is 10.6 Å². The van der Waals surface area contributed by atoms with Crippen molar-refractivity contribution in [1.29, 1.82) is 0 Å². The van der Waals surface area contributed by atoms with E-state index in [0.717, 1.165) is 24.0 Å². The van der Waals surface area contributed by atoms with Gasteiger partial charge >= 0.3 is 0 Å². The zero-order valence-electron chi connectivity index (χ0n) is 9.93. The molecular weight excluding hydrogens is 212 g/mol. The summed E-state index contributed by atoms with van der Waals surface area (Å²) >= 11 is 0. The van der Waals surface area contributed by atoms with Crippen LogP contribution in [0.15, 0.2) is 36.9 Å². The first-order valence-corrected chi connectivity index (χ1v) is 5.97. The van der Waals surface area contributed by atoms with Crippen molar-refractivity contribution in [2.24, 2.45) is 5.73 Å². The average molecular weight is 230 g/mol. The predicted octanol–water partition coefficient (Wildman–Crippen LogP) is 1.94. The summed E-state index contributed by atoms with van der Waals surface area (Å²) < 4.78 is 0. The number of hydrogen-bond acceptors (Lipinski definition) is 2.